The van der Waals surface area contributed by atoms with E-state index in [4.69, 9.17) is 4.74 Å². The molecule has 1 aliphatic carbocycles. The van der Waals surface area contributed by atoms with E-state index in [1.807, 2.05) is 12.1 Å². The molecule has 6 rings (SSSR count). The first-order chi connectivity index (χ1) is 15.9. The molecular weight excluding hydrogens is 428 g/mol. The van der Waals surface area contributed by atoms with E-state index in [9.17, 15) is 18.7 Å². The van der Waals surface area contributed by atoms with Crippen molar-refractivity contribution in [3.63, 3.8) is 0 Å². The van der Waals surface area contributed by atoms with Gasteiger partial charge in [-0.25, -0.2) is 13.6 Å². The molecule has 0 radical (unpaired) electrons. The second-order valence-electron chi connectivity index (χ2n) is 9.20. The summed E-state index contributed by atoms with van der Waals surface area (Å²) in [6.07, 6.45) is 3.28. The van der Waals surface area contributed by atoms with Gasteiger partial charge in [0.05, 0.1) is 17.2 Å². The molecule has 0 spiro atoms. The van der Waals surface area contributed by atoms with Crippen molar-refractivity contribution in [2.75, 3.05) is 13.2 Å². The number of aliphatic carboxylic acids is 1. The number of hydrogen-bond acceptors (Lipinski definition) is 3. The quantitative estimate of drug-likeness (QED) is 0.446. The minimum absolute atomic E-state index is 0.0535. The number of nitrogens with one attached hydrogen (secondary N) is 1. The van der Waals surface area contributed by atoms with Crippen LogP contribution in [0, 0.1) is 5.82 Å². The fourth-order valence-corrected chi connectivity index (χ4v) is 5.54. The molecule has 4 aromatic rings. The van der Waals surface area contributed by atoms with Crippen LogP contribution >= 0.6 is 0 Å². The summed E-state index contributed by atoms with van der Waals surface area (Å²) in [4.78, 5) is 11.5. The zero-order valence-corrected chi connectivity index (χ0v) is 17.9. The van der Waals surface area contributed by atoms with Crippen molar-refractivity contribution < 1.29 is 23.4 Å². The molecule has 0 unspecified atom stereocenters. The summed E-state index contributed by atoms with van der Waals surface area (Å²) < 4.78 is 36.3. The van der Waals surface area contributed by atoms with E-state index in [2.05, 4.69) is 14.8 Å². The first-order valence-electron chi connectivity index (χ1n) is 11.2. The first kappa shape index (κ1) is 20.4. The number of aromatic amines is 1. The van der Waals surface area contributed by atoms with Gasteiger partial charge >= 0.3 is 5.97 Å². The molecule has 2 aliphatic rings. The number of ether oxygens (including phenoxy) is 1. The summed E-state index contributed by atoms with van der Waals surface area (Å²) in [5.74, 6) is -1.76. The second kappa shape index (κ2) is 7.38. The van der Waals surface area contributed by atoms with Gasteiger partial charge in [-0.05, 0) is 73.6 Å². The van der Waals surface area contributed by atoms with Crippen LogP contribution in [0.3, 0.4) is 0 Å². The number of carboxylic acid groups (broad SMARTS) is 1. The third kappa shape index (κ3) is 3.15. The number of H-pyrrole nitrogens is 1. The van der Waals surface area contributed by atoms with Gasteiger partial charge in [-0.2, -0.15) is 5.10 Å². The molecule has 33 heavy (non-hydrogen) atoms. The summed E-state index contributed by atoms with van der Waals surface area (Å²) in [7, 11) is 0. The van der Waals surface area contributed by atoms with Crippen molar-refractivity contribution in [1.29, 1.82) is 0 Å². The molecule has 0 bridgehead atoms. The Balaban J connectivity index is 1.64. The Kier molecular flexibility index (Phi) is 4.55. The summed E-state index contributed by atoms with van der Waals surface area (Å²) in [6, 6.07) is 10.4. The van der Waals surface area contributed by atoms with E-state index < -0.39 is 11.6 Å². The molecule has 1 saturated heterocycles. The molecule has 2 aromatic carbocycles. The summed E-state index contributed by atoms with van der Waals surface area (Å²) >= 11 is 0. The molecule has 6 nitrogen and oxygen atoms in total. The van der Waals surface area contributed by atoms with Crippen LogP contribution in [0.25, 0.3) is 27.5 Å². The minimum atomic E-state index is -2.19. The van der Waals surface area contributed by atoms with E-state index in [0.717, 1.165) is 51.6 Å². The number of halogens is 2. The molecule has 8 heteroatoms. The van der Waals surface area contributed by atoms with E-state index in [1.165, 1.54) is 12.1 Å². The number of nitrogens with zero attached hydrogens (tertiary/aromatic N) is 2. The maximum atomic E-state index is 14.8. The molecule has 2 N–H and O–H groups in total. The lowest BCUT2D eigenvalue weighted by Gasteiger charge is -2.39. The highest BCUT2D eigenvalue weighted by molar-refractivity contribution is 5.99. The average Bonchev–Trinajstić information content (AvgIpc) is 3.38. The Morgan fingerprint density at radius 1 is 1.15 bits per heavy atom. The number of fused-ring (bicyclic) bond motifs is 2. The molecule has 1 saturated carbocycles. The van der Waals surface area contributed by atoms with Crippen molar-refractivity contribution in [1.82, 2.24) is 14.8 Å². The Morgan fingerprint density at radius 2 is 1.88 bits per heavy atom. The number of carboxylic acids is 1. The Hall–Kier alpha value is -3.26. The molecule has 0 amide bonds. The van der Waals surface area contributed by atoms with Crippen LogP contribution < -0.4 is 0 Å². The molecule has 2 fully saturated rings. The third-order valence-corrected chi connectivity index (χ3v) is 7.23. The molecule has 0 atom stereocenters. The number of rotatable bonds is 4. The number of aromatic nitrogens is 3. The molecule has 2 aromatic heterocycles. The van der Waals surface area contributed by atoms with Gasteiger partial charge in [-0.3, -0.25) is 5.10 Å². The number of benzene rings is 2. The van der Waals surface area contributed by atoms with Gasteiger partial charge in [0.2, 0.25) is 5.67 Å². The van der Waals surface area contributed by atoms with Crippen molar-refractivity contribution in [3.05, 3.63) is 59.7 Å². The highest BCUT2D eigenvalue weighted by Gasteiger charge is 2.53. The lowest BCUT2D eigenvalue weighted by molar-refractivity contribution is -0.158. The van der Waals surface area contributed by atoms with Gasteiger partial charge in [-0.15, -0.1) is 0 Å². The third-order valence-electron chi connectivity index (χ3n) is 7.23. The van der Waals surface area contributed by atoms with Crippen LogP contribution in [-0.2, 0) is 9.53 Å². The fraction of sp³-hybridized carbons (Fsp3) is 0.360. The lowest BCUT2D eigenvalue weighted by Crippen LogP contribution is -2.45. The van der Waals surface area contributed by atoms with E-state index in [-0.39, 0.29) is 30.5 Å². The van der Waals surface area contributed by atoms with Crippen molar-refractivity contribution in [2.45, 2.75) is 43.2 Å². The number of carbonyl (C=O) groups is 1. The van der Waals surface area contributed by atoms with Crippen LogP contribution in [0.2, 0.25) is 0 Å². The Morgan fingerprint density at radius 3 is 2.58 bits per heavy atom. The van der Waals surface area contributed by atoms with E-state index in [1.54, 1.807) is 18.3 Å². The molecule has 3 heterocycles. The summed E-state index contributed by atoms with van der Waals surface area (Å²) in [5, 5.41) is 18.4. The second-order valence-corrected chi connectivity index (χ2v) is 9.20. The number of alkyl halides is 1. The predicted molar refractivity (Wildman–Crippen MR) is 119 cm³/mol. The van der Waals surface area contributed by atoms with Crippen LogP contribution in [0.5, 0.6) is 0 Å². The zero-order chi connectivity index (χ0) is 22.7. The highest BCUT2D eigenvalue weighted by Crippen LogP contribution is 2.53. The van der Waals surface area contributed by atoms with E-state index >= 15 is 0 Å². The van der Waals surface area contributed by atoms with E-state index in [0.29, 0.717) is 13.2 Å². The zero-order valence-electron chi connectivity index (χ0n) is 17.9. The SMILES string of the molecule is O=C(O)C1(F)CC(c2c(C3CCOCC3)n(-c3ccc(F)cc3)c3cc4cn[nH]c4cc23)C1. The normalized spacial score (nSPS) is 23.8. The Bertz CT molecular complexity index is 1360. The van der Waals surface area contributed by atoms with Crippen LogP contribution in [0.15, 0.2) is 42.6 Å². The molecular formula is C25H23F2N3O3. The molecule has 170 valence electrons. The number of hydrogen-bond donors (Lipinski definition) is 2. The lowest BCUT2D eigenvalue weighted by atomic mass is 9.67. The highest BCUT2D eigenvalue weighted by atomic mass is 19.1. The topological polar surface area (TPSA) is 80.1 Å². The first-order valence-corrected chi connectivity index (χ1v) is 11.2. The monoisotopic (exact) mass is 451 g/mol. The van der Waals surface area contributed by atoms with Crippen molar-refractivity contribution in [3.8, 4) is 5.69 Å². The summed E-state index contributed by atoms with van der Waals surface area (Å²) in [6.45, 7) is 1.26. The van der Waals surface area contributed by atoms with Gasteiger partial charge < -0.3 is 14.4 Å². The predicted octanol–water partition coefficient (Wildman–Crippen LogP) is 5.21. The average molecular weight is 451 g/mol. The minimum Gasteiger partial charge on any atom is -0.479 e. The fourth-order valence-electron chi connectivity index (χ4n) is 5.54. The van der Waals surface area contributed by atoms with Crippen LogP contribution in [0.1, 0.15) is 48.8 Å². The van der Waals surface area contributed by atoms with Gasteiger partial charge in [0, 0.05) is 41.3 Å². The van der Waals surface area contributed by atoms with Crippen LogP contribution in [-0.4, -0.2) is 44.7 Å². The van der Waals surface area contributed by atoms with Gasteiger partial charge in [-0.1, -0.05) is 0 Å². The molecule has 1 aliphatic heterocycles. The standard InChI is InChI=1S/C25H23F2N3O3/c26-17-1-3-18(4-2-17)30-21-9-15-13-28-29-20(15)10-19(21)22(16-11-25(27,12-16)24(31)32)23(30)14-5-7-33-8-6-14/h1-4,9-10,13-14,16H,5-8,11-12H2,(H,28,29)(H,31,32). The maximum Gasteiger partial charge on any atom is 0.341 e. The van der Waals surface area contributed by atoms with Crippen LogP contribution in [0.4, 0.5) is 8.78 Å². The maximum absolute atomic E-state index is 14.8. The summed E-state index contributed by atoms with van der Waals surface area (Å²) in [5.41, 5.74) is 2.47. The van der Waals surface area contributed by atoms with Gasteiger partial charge in [0.1, 0.15) is 5.82 Å². The Labute approximate surface area is 188 Å². The van der Waals surface area contributed by atoms with Crippen molar-refractivity contribution in [2.24, 2.45) is 0 Å². The smallest absolute Gasteiger partial charge is 0.341 e. The largest absolute Gasteiger partial charge is 0.479 e. The van der Waals surface area contributed by atoms with Crippen molar-refractivity contribution >= 4 is 27.8 Å². The van der Waals surface area contributed by atoms with Gasteiger partial charge in [0.25, 0.3) is 0 Å². The van der Waals surface area contributed by atoms with Gasteiger partial charge in [0.15, 0.2) is 0 Å².